The van der Waals surface area contributed by atoms with Crippen LogP contribution in [0.4, 0.5) is 0 Å². The van der Waals surface area contributed by atoms with Gasteiger partial charge in [-0.2, -0.15) is 5.10 Å². The van der Waals surface area contributed by atoms with Gasteiger partial charge >= 0.3 is 11.9 Å². The van der Waals surface area contributed by atoms with Gasteiger partial charge in [-0.25, -0.2) is 4.79 Å². The summed E-state index contributed by atoms with van der Waals surface area (Å²) >= 11 is 0. The molecule has 2 aromatic rings. The largest absolute Gasteiger partial charge is 0.480 e. The lowest BCUT2D eigenvalue weighted by molar-refractivity contribution is -0.147. The number of aromatic nitrogens is 2. The van der Waals surface area contributed by atoms with E-state index in [-0.39, 0.29) is 5.56 Å². The van der Waals surface area contributed by atoms with Gasteiger partial charge in [-0.05, 0) is 12.1 Å². The van der Waals surface area contributed by atoms with Crippen molar-refractivity contribution >= 4 is 28.7 Å². The number of aromatic amines is 1. The van der Waals surface area contributed by atoms with Crippen molar-refractivity contribution in [3.8, 4) is 0 Å². The molecule has 3 N–H and O–H groups in total. The molecule has 1 amide bonds. The van der Waals surface area contributed by atoms with Crippen molar-refractivity contribution in [2.45, 2.75) is 12.5 Å². The van der Waals surface area contributed by atoms with Crippen molar-refractivity contribution in [3.63, 3.8) is 0 Å². The first kappa shape index (κ1) is 14.5. The third kappa shape index (κ3) is 3.35. The molecular weight excluding hydrogens is 278 g/mol. The van der Waals surface area contributed by atoms with E-state index in [2.05, 4.69) is 20.3 Å². The Labute approximate surface area is 119 Å². The lowest BCUT2D eigenvalue weighted by atomic mass is 10.1. The molecule has 110 valence electrons. The highest BCUT2D eigenvalue weighted by atomic mass is 16.5. The summed E-state index contributed by atoms with van der Waals surface area (Å²) in [6.45, 7) is 0. The molecule has 8 nitrogen and oxygen atoms in total. The molecular formula is C13H13N3O5. The fourth-order valence-electron chi connectivity index (χ4n) is 1.77. The third-order valence-corrected chi connectivity index (χ3v) is 2.91. The molecule has 8 heteroatoms. The highest BCUT2D eigenvalue weighted by molar-refractivity contribution is 5.99. The number of hydrogen-bond donors (Lipinski definition) is 3. The summed E-state index contributed by atoms with van der Waals surface area (Å²) < 4.78 is 4.40. The monoisotopic (exact) mass is 291 g/mol. The van der Waals surface area contributed by atoms with Crippen molar-refractivity contribution in [1.29, 1.82) is 0 Å². The predicted octanol–water partition coefficient (Wildman–Crippen LogP) is 0.309. The van der Waals surface area contributed by atoms with Crippen LogP contribution in [0.2, 0.25) is 0 Å². The highest BCUT2D eigenvalue weighted by Gasteiger charge is 2.24. The summed E-state index contributed by atoms with van der Waals surface area (Å²) in [5.74, 6) is -2.62. The number of hydrogen-bond acceptors (Lipinski definition) is 5. The molecule has 21 heavy (non-hydrogen) atoms. The van der Waals surface area contributed by atoms with Gasteiger partial charge in [-0.3, -0.25) is 14.7 Å². The van der Waals surface area contributed by atoms with Gasteiger partial charge in [0.2, 0.25) is 0 Å². The summed E-state index contributed by atoms with van der Waals surface area (Å²) in [7, 11) is 1.15. The minimum Gasteiger partial charge on any atom is -0.480 e. The van der Waals surface area contributed by atoms with E-state index < -0.39 is 30.3 Å². The van der Waals surface area contributed by atoms with E-state index in [1.165, 1.54) is 0 Å². The number of rotatable bonds is 5. The number of carboxylic acid groups (broad SMARTS) is 1. The summed E-state index contributed by atoms with van der Waals surface area (Å²) in [4.78, 5) is 34.2. The van der Waals surface area contributed by atoms with Gasteiger partial charge < -0.3 is 15.2 Å². The second-order valence-corrected chi connectivity index (χ2v) is 4.32. The number of methoxy groups -OCH3 is 1. The fourth-order valence-corrected chi connectivity index (χ4v) is 1.77. The molecule has 0 unspecified atom stereocenters. The topological polar surface area (TPSA) is 121 Å². The lowest BCUT2D eigenvalue weighted by Gasteiger charge is -2.13. The number of nitrogens with zero attached hydrogens (tertiary/aromatic N) is 1. The Morgan fingerprint density at radius 1 is 1.43 bits per heavy atom. The predicted molar refractivity (Wildman–Crippen MR) is 71.6 cm³/mol. The molecule has 1 atom stereocenters. The van der Waals surface area contributed by atoms with E-state index in [4.69, 9.17) is 5.11 Å². The molecule has 0 spiro atoms. The number of amides is 1. The van der Waals surface area contributed by atoms with Crippen LogP contribution in [0, 0.1) is 0 Å². The van der Waals surface area contributed by atoms with E-state index in [1.54, 1.807) is 24.4 Å². The first-order valence-electron chi connectivity index (χ1n) is 6.05. The van der Waals surface area contributed by atoms with Crippen LogP contribution in [0.3, 0.4) is 0 Å². The van der Waals surface area contributed by atoms with Crippen molar-refractivity contribution < 1.29 is 24.2 Å². The van der Waals surface area contributed by atoms with Crippen LogP contribution in [0.5, 0.6) is 0 Å². The molecule has 1 aromatic carbocycles. The Morgan fingerprint density at radius 3 is 2.86 bits per heavy atom. The zero-order valence-electron chi connectivity index (χ0n) is 11.1. The minimum atomic E-state index is -1.34. The van der Waals surface area contributed by atoms with Gasteiger partial charge in [-0.1, -0.05) is 6.07 Å². The average Bonchev–Trinajstić information content (AvgIpc) is 2.93. The van der Waals surface area contributed by atoms with Gasteiger partial charge in [0.1, 0.15) is 6.04 Å². The maximum atomic E-state index is 12.0. The number of aliphatic carboxylic acids is 1. The Morgan fingerprint density at radius 2 is 2.19 bits per heavy atom. The Balaban J connectivity index is 2.14. The molecule has 0 fully saturated rings. The van der Waals surface area contributed by atoms with Crippen molar-refractivity contribution in [1.82, 2.24) is 15.5 Å². The van der Waals surface area contributed by atoms with Crippen LogP contribution in [-0.4, -0.2) is 46.3 Å². The van der Waals surface area contributed by atoms with Gasteiger partial charge in [0, 0.05) is 10.9 Å². The number of carboxylic acids is 1. The van der Waals surface area contributed by atoms with E-state index in [9.17, 15) is 14.4 Å². The van der Waals surface area contributed by atoms with Crippen LogP contribution in [0.15, 0.2) is 24.4 Å². The average molecular weight is 291 g/mol. The number of carbonyl (C=O) groups is 3. The van der Waals surface area contributed by atoms with Crippen molar-refractivity contribution in [2.75, 3.05) is 7.11 Å². The van der Waals surface area contributed by atoms with Crippen LogP contribution < -0.4 is 5.32 Å². The summed E-state index contributed by atoms with van der Waals surface area (Å²) in [5, 5.41) is 18.7. The smallest absolute Gasteiger partial charge is 0.326 e. The molecule has 0 aliphatic rings. The lowest BCUT2D eigenvalue weighted by Crippen LogP contribution is -2.42. The SMILES string of the molecule is COC(=O)C[C@H](NC(=O)c1ccc2cn[nH]c2c1)C(=O)O. The molecule has 0 radical (unpaired) electrons. The quantitative estimate of drug-likeness (QED) is 0.681. The first-order chi connectivity index (χ1) is 10.0. The molecule has 0 aliphatic heterocycles. The molecule has 0 saturated carbocycles. The molecule has 2 rings (SSSR count). The summed E-state index contributed by atoms with van der Waals surface area (Å²) in [5.41, 5.74) is 0.922. The van der Waals surface area contributed by atoms with Crippen LogP contribution in [-0.2, 0) is 14.3 Å². The molecule has 0 bridgehead atoms. The van der Waals surface area contributed by atoms with Crippen LogP contribution in [0.1, 0.15) is 16.8 Å². The van der Waals surface area contributed by atoms with Gasteiger partial charge in [0.05, 0.1) is 25.2 Å². The molecule has 1 aromatic heterocycles. The Hall–Kier alpha value is -2.90. The fraction of sp³-hybridized carbons (Fsp3) is 0.231. The second-order valence-electron chi connectivity index (χ2n) is 4.32. The number of ether oxygens (including phenoxy) is 1. The zero-order chi connectivity index (χ0) is 15.4. The van der Waals surface area contributed by atoms with Crippen molar-refractivity contribution in [2.24, 2.45) is 0 Å². The Bertz CT molecular complexity index is 694. The normalized spacial score (nSPS) is 11.9. The molecule has 0 saturated heterocycles. The van der Waals surface area contributed by atoms with Crippen LogP contribution in [0.25, 0.3) is 10.9 Å². The summed E-state index contributed by atoms with van der Waals surface area (Å²) in [6, 6.07) is 3.44. The zero-order valence-corrected chi connectivity index (χ0v) is 11.1. The standard InChI is InChI=1S/C13H13N3O5/c1-21-11(17)5-10(13(19)20)15-12(18)7-2-3-8-6-14-16-9(8)4-7/h2-4,6,10H,5H2,1H3,(H,14,16)(H,15,18)(H,19,20)/t10-/m0/s1. The van der Waals surface area contributed by atoms with E-state index >= 15 is 0 Å². The Kier molecular flexibility index (Phi) is 4.17. The van der Waals surface area contributed by atoms with Gasteiger partial charge in [-0.15, -0.1) is 0 Å². The number of fused-ring (bicyclic) bond motifs is 1. The number of carbonyl (C=O) groups excluding carboxylic acids is 2. The van der Waals surface area contributed by atoms with Crippen molar-refractivity contribution in [3.05, 3.63) is 30.0 Å². The van der Waals surface area contributed by atoms with E-state index in [0.29, 0.717) is 5.52 Å². The van der Waals surface area contributed by atoms with Gasteiger partial charge in [0.25, 0.3) is 5.91 Å². The molecule has 1 heterocycles. The van der Waals surface area contributed by atoms with E-state index in [1.807, 2.05) is 0 Å². The maximum absolute atomic E-state index is 12.0. The number of H-pyrrole nitrogens is 1. The number of benzene rings is 1. The minimum absolute atomic E-state index is 0.267. The first-order valence-corrected chi connectivity index (χ1v) is 6.05. The van der Waals surface area contributed by atoms with E-state index in [0.717, 1.165) is 12.5 Å². The molecule has 0 aliphatic carbocycles. The highest BCUT2D eigenvalue weighted by Crippen LogP contribution is 2.13. The van der Waals surface area contributed by atoms with Gasteiger partial charge in [0.15, 0.2) is 0 Å². The second kappa shape index (κ2) is 6.04. The summed E-state index contributed by atoms with van der Waals surface area (Å²) in [6.07, 6.45) is 1.16. The maximum Gasteiger partial charge on any atom is 0.326 e. The van der Waals surface area contributed by atoms with Crippen LogP contribution >= 0.6 is 0 Å². The number of esters is 1. The third-order valence-electron chi connectivity index (χ3n) is 2.91. The number of nitrogens with one attached hydrogen (secondary N) is 2.